The molecular weight excluding hydrogens is 424 g/mol. The van der Waals surface area contributed by atoms with Crippen molar-refractivity contribution in [1.29, 1.82) is 0 Å². The van der Waals surface area contributed by atoms with Gasteiger partial charge in [0.1, 0.15) is 5.76 Å². The maximum absolute atomic E-state index is 13.5. The van der Waals surface area contributed by atoms with Crippen LogP contribution in [0, 0.1) is 20.8 Å². The number of aryl methyl sites for hydroxylation is 2. The van der Waals surface area contributed by atoms with Gasteiger partial charge in [-0.3, -0.25) is 19.5 Å². The van der Waals surface area contributed by atoms with Gasteiger partial charge in [0.25, 0.3) is 11.7 Å². The van der Waals surface area contributed by atoms with E-state index in [1.54, 1.807) is 24.5 Å². The molecule has 2 aromatic carbocycles. The summed E-state index contributed by atoms with van der Waals surface area (Å²) < 4.78 is 0. The van der Waals surface area contributed by atoms with Gasteiger partial charge >= 0.3 is 0 Å². The fourth-order valence-electron chi connectivity index (χ4n) is 4.43. The predicted molar refractivity (Wildman–Crippen MR) is 135 cm³/mol. The number of rotatable bonds is 3. The number of carbonyl (C=O) groups excluding carboxylic acids is 2. The molecule has 4 rings (SSSR count). The van der Waals surface area contributed by atoms with Gasteiger partial charge in [-0.15, -0.1) is 0 Å². The number of aliphatic hydroxyl groups excluding tert-OH is 1. The van der Waals surface area contributed by atoms with Gasteiger partial charge < -0.3 is 5.11 Å². The highest BCUT2D eigenvalue weighted by atomic mass is 16.3. The van der Waals surface area contributed by atoms with Crippen LogP contribution in [0.1, 0.15) is 60.2 Å². The van der Waals surface area contributed by atoms with E-state index in [1.165, 1.54) is 4.90 Å². The van der Waals surface area contributed by atoms with Gasteiger partial charge in [-0.2, -0.15) is 0 Å². The SMILES string of the molecule is Cc1ccc(C(C)(C)C)cc1/C(O)=C1\C(=O)C(=O)N(c2cccc(C)c2C)C1c1ccncc1. The average Bonchev–Trinajstić information content (AvgIpc) is 3.06. The van der Waals surface area contributed by atoms with Gasteiger partial charge in [-0.1, -0.05) is 45.0 Å². The fourth-order valence-corrected chi connectivity index (χ4v) is 4.43. The van der Waals surface area contributed by atoms with Crippen LogP contribution < -0.4 is 4.90 Å². The Morgan fingerprint density at radius 3 is 2.26 bits per heavy atom. The molecule has 1 fully saturated rings. The standard InChI is InChI=1S/C29H30N2O3/c1-17-8-7-9-23(19(17)3)31-25(20-12-14-30-15-13-20)24(27(33)28(31)34)26(32)22-16-21(29(4,5)6)11-10-18(22)2/h7-16,25,32H,1-6H3/b26-24+. The summed E-state index contributed by atoms with van der Waals surface area (Å²) in [4.78, 5) is 32.5. The molecule has 0 spiro atoms. The van der Waals surface area contributed by atoms with E-state index in [0.29, 0.717) is 16.8 Å². The lowest BCUT2D eigenvalue weighted by Gasteiger charge is -2.27. The van der Waals surface area contributed by atoms with E-state index in [4.69, 9.17) is 0 Å². The van der Waals surface area contributed by atoms with Crippen LogP contribution in [0.4, 0.5) is 5.69 Å². The molecule has 5 nitrogen and oxygen atoms in total. The van der Waals surface area contributed by atoms with Crippen LogP contribution in [0.3, 0.4) is 0 Å². The van der Waals surface area contributed by atoms with E-state index in [9.17, 15) is 14.7 Å². The van der Waals surface area contributed by atoms with Gasteiger partial charge in [0.2, 0.25) is 0 Å². The number of aromatic nitrogens is 1. The average molecular weight is 455 g/mol. The highest BCUT2D eigenvalue weighted by Crippen LogP contribution is 2.44. The molecule has 0 bridgehead atoms. The first kappa shape index (κ1) is 23.4. The molecule has 3 aromatic rings. The number of aliphatic hydroxyl groups is 1. The number of Topliss-reactive ketones (excluding diaryl/α,β-unsaturated/α-hetero) is 1. The minimum absolute atomic E-state index is 0.0891. The summed E-state index contributed by atoms with van der Waals surface area (Å²) in [6.45, 7) is 12.1. The monoisotopic (exact) mass is 454 g/mol. The normalized spacial score (nSPS) is 17.9. The first-order valence-corrected chi connectivity index (χ1v) is 11.4. The number of pyridine rings is 1. The summed E-state index contributed by atoms with van der Waals surface area (Å²) in [6, 6.07) is 14.4. The zero-order valence-corrected chi connectivity index (χ0v) is 20.5. The van der Waals surface area contributed by atoms with E-state index < -0.39 is 17.7 Å². The molecular formula is C29H30N2O3. The largest absolute Gasteiger partial charge is 0.507 e. The van der Waals surface area contributed by atoms with Crippen LogP contribution in [-0.4, -0.2) is 21.8 Å². The maximum Gasteiger partial charge on any atom is 0.300 e. The molecule has 1 N–H and O–H groups in total. The first-order chi connectivity index (χ1) is 16.0. The Hall–Kier alpha value is -3.73. The van der Waals surface area contributed by atoms with Crippen molar-refractivity contribution >= 4 is 23.1 Å². The fraction of sp³-hybridized carbons (Fsp3) is 0.276. The quantitative estimate of drug-likeness (QED) is 0.302. The van der Waals surface area contributed by atoms with Crippen molar-refractivity contribution in [3.63, 3.8) is 0 Å². The third-order valence-corrected chi connectivity index (χ3v) is 6.66. The Morgan fingerprint density at radius 2 is 1.62 bits per heavy atom. The molecule has 0 aliphatic carbocycles. The summed E-state index contributed by atoms with van der Waals surface area (Å²) in [5.74, 6) is -1.50. The third-order valence-electron chi connectivity index (χ3n) is 6.66. The second-order valence-corrected chi connectivity index (χ2v) is 9.95. The lowest BCUT2D eigenvalue weighted by molar-refractivity contribution is -0.132. The Morgan fingerprint density at radius 1 is 0.941 bits per heavy atom. The number of benzene rings is 2. The molecule has 1 saturated heterocycles. The molecule has 0 radical (unpaired) electrons. The van der Waals surface area contributed by atoms with Crippen molar-refractivity contribution in [3.05, 3.63) is 99.9 Å². The van der Waals surface area contributed by atoms with Crippen molar-refractivity contribution in [3.8, 4) is 0 Å². The van der Waals surface area contributed by atoms with Crippen LogP contribution in [0.25, 0.3) is 5.76 Å². The molecule has 1 aromatic heterocycles. The highest BCUT2D eigenvalue weighted by Gasteiger charge is 2.47. The van der Waals surface area contributed by atoms with Crippen LogP contribution in [0.5, 0.6) is 0 Å². The van der Waals surface area contributed by atoms with Crippen molar-refractivity contribution in [1.82, 2.24) is 4.98 Å². The Labute approximate surface area is 200 Å². The molecule has 1 amide bonds. The zero-order valence-electron chi connectivity index (χ0n) is 20.5. The third kappa shape index (κ3) is 3.92. The topological polar surface area (TPSA) is 70.5 Å². The van der Waals surface area contributed by atoms with Crippen LogP contribution in [-0.2, 0) is 15.0 Å². The first-order valence-electron chi connectivity index (χ1n) is 11.4. The van der Waals surface area contributed by atoms with Gasteiger partial charge in [0, 0.05) is 23.6 Å². The van der Waals surface area contributed by atoms with Crippen molar-refractivity contribution in [2.75, 3.05) is 4.90 Å². The van der Waals surface area contributed by atoms with Crippen LogP contribution >= 0.6 is 0 Å². The number of carbonyl (C=O) groups is 2. The number of hydrogen-bond acceptors (Lipinski definition) is 4. The Kier molecular flexibility index (Phi) is 5.90. The van der Waals surface area contributed by atoms with Crippen molar-refractivity contribution in [2.45, 2.75) is 53.0 Å². The molecule has 5 heteroatoms. The van der Waals surface area contributed by atoms with E-state index in [2.05, 4.69) is 25.8 Å². The maximum atomic E-state index is 13.5. The minimum atomic E-state index is -0.763. The lowest BCUT2D eigenvalue weighted by atomic mass is 9.84. The second kappa shape index (κ2) is 8.56. The molecule has 1 atom stereocenters. The number of hydrogen-bond donors (Lipinski definition) is 1. The summed E-state index contributed by atoms with van der Waals surface area (Å²) in [7, 11) is 0. The van der Waals surface area contributed by atoms with E-state index in [1.807, 2.05) is 57.2 Å². The van der Waals surface area contributed by atoms with E-state index in [0.717, 1.165) is 22.3 Å². The minimum Gasteiger partial charge on any atom is -0.507 e. The van der Waals surface area contributed by atoms with E-state index in [-0.39, 0.29) is 16.7 Å². The van der Waals surface area contributed by atoms with Crippen molar-refractivity contribution in [2.24, 2.45) is 0 Å². The lowest BCUT2D eigenvalue weighted by Crippen LogP contribution is -2.30. The highest BCUT2D eigenvalue weighted by molar-refractivity contribution is 6.51. The van der Waals surface area contributed by atoms with Gasteiger partial charge in [0.05, 0.1) is 11.6 Å². The second-order valence-electron chi connectivity index (χ2n) is 9.95. The summed E-state index contributed by atoms with van der Waals surface area (Å²) >= 11 is 0. The smallest absolute Gasteiger partial charge is 0.300 e. The van der Waals surface area contributed by atoms with Crippen LogP contribution in [0.2, 0.25) is 0 Å². The van der Waals surface area contributed by atoms with Gasteiger partial charge in [0.15, 0.2) is 0 Å². The Bertz CT molecular complexity index is 1320. The molecule has 2 heterocycles. The molecule has 1 aliphatic rings. The number of anilines is 1. The van der Waals surface area contributed by atoms with Gasteiger partial charge in [-0.25, -0.2) is 0 Å². The molecule has 0 saturated carbocycles. The van der Waals surface area contributed by atoms with E-state index >= 15 is 0 Å². The summed E-state index contributed by atoms with van der Waals surface area (Å²) in [5.41, 5.74) is 5.66. The zero-order chi connectivity index (χ0) is 24.8. The molecule has 1 aliphatic heterocycles. The number of nitrogens with zero attached hydrogens (tertiary/aromatic N) is 2. The van der Waals surface area contributed by atoms with Crippen molar-refractivity contribution < 1.29 is 14.7 Å². The molecule has 1 unspecified atom stereocenters. The molecule has 34 heavy (non-hydrogen) atoms. The summed E-state index contributed by atoms with van der Waals surface area (Å²) in [5, 5.41) is 11.6. The number of amides is 1. The predicted octanol–water partition coefficient (Wildman–Crippen LogP) is 5.93. The summed E-state index contributed by atoms with van der Waals surface area (Å²) in [6.07, 6.45) is 3.26. The number of ketones is 1. The van der Waals surface area contributed by atoms with Crippen LogP contribution in [0.15, 0.2) is 66.5 Å². The molecule has 174 valence electrons. The Balaban J connectivity index is 2.00. The van der Waals surface area contributed by atoms with Gasteiger partial charge in [-0.05, 0) is 78.3 Å².